The first-order valence-electron chi connectivity index (χ1n) is 10.9. The zero-order valence-corrected chi connectivity index (χ0v) is 18.8. The van der Waals surface area contributed by atoms with E-state index >= 15 is 0 Å². The third kappa shape index (κ3) is 3.49. The summed E-state index contributed by atoms with van der Waals surface area (Å²) in [6.45, 7) is 6.06. The van der Waals surface area contributed by atoms with E-state index in [2.05, 4.69) is 38.2 Å². The molecule has 0 aliphatic carbocycles. The number of rotatable bonds is 5. The number of fused-ring (bicyclic) bond motifs is 2. The predicted molar refractivity (Wildman–Crippen MR) is 132 cm³/mol. The Morgan fingerprint density at radius 3 is 2.67 bits per heavy atom. The molecule has 166 valence electrons. The van der Waals surface area contributed by atoms with E-state index < -0.39 is 0 Å². The molecule has 5 aromatic rings. The van der Waals surface area contributed by atoms with Gasteiger partial charge >= 0.3 is 0 Å². The monoisotopic (exact) mass is 439 g/mol. The fraction of sp³-hybridized carbons (Fsp3) is 0.200. The molecular weight excluding hydrogens is 414 g/mol. The molecule has 2 aromatic carbocycles. The van der Waals surface area contributed by atoms with Gasteiger partial charge in [-0.25, -0.2) is 4.98 Å². The molecule has 0 saturated carbocycles. The van der Waals surface area contributed by atoms with Crippen LogP contribution >= 0.6 is 0 Å². The van der Waals surface area contributed by atoms with Crippen molar-refractivity contribution in [2.45, 2.75) is 33.2 Å². The summed E-state index contributed by atoms with van der Waals surface area (Å²) in [5.41, 5.74) is 10.7. The Morgan fingerprint density at radius 1 is 1.09 bits per heavy atom. The highest BCUT2D eigenvalue weighted by Crippen LogP contribution is 2.29. The summed E-state index contributed by atoms with van der Waals surface area (Å²) >= 11 is 0. The number of aryl methyl sites for hydroxylation is 2. The van der Waals surface area contributed by atoms with Gasteiger partial charge in [0, 0.05) is 5.69 Å². The lowest BCUT2D eigenvalue weighted by molar-refractivity contribution is 0.688. The van der Waals surface area contributed by atoms with Gasteiger partial charge in [0.15, 0.2) is 11.5 Å². The van der Waals surface area contributed by atoms with Crippen molar-refractivity contribution in [3.8, 4) is 5.69 Å². The average molecular weight is 440 g/mol. The number of anilines is 2. The number of benzene rings is 2. The Morgan fingerprint density at radius 2 is 1.88 bits per heavy atom. The number of aromatic nitrogens is 5. The van der Waals surface area contributed by atoms with Gasteiger partial charge in [0.25, 0.3) is 5.56 Å². The van der Waals surface area contributed by atoms with Crippen LogP contribution in [0.25, 0.3) is 27.6 Å². The molecule has 0 radical (unpaired) electrons. The molecule has 3 heterocycles. The van der Waals surface area contributed by atoms with Crippen molar-refractivity contribution in [3.63, 3.8) is 0 Å². The van der Waals surface area contributed by atoms with Gasteiger partial charge in [-0.1, -0.05) is 43.3 Å². The molecular formula is C25H25N7O. The third-order valence-corrected chi connectivity index (χ3v) is 6.02. The number of nitrogen functional groups attached to an aromatic ring is 1. The quantitative estimate of drug-likeness (QED) is 0.373. The maximum absolute atomic E-state index is 13.9. The number of hydrogen-bond acceptors (Lipinski definition) is 6. The van der Waals surface area contributed by atoms with E-state index in [0.717, 1.165) is 33.3 Å². The van der Waals surface area contributed by atoms with E-state index in [0.29, 0.717) is 23.4 Å². The number of nitrogens with one attached hydrogen (secondary N) is 2. The van der Waals surface area contributed by atoms with Crippen LogP contribution in [0, 0.1) is 13.8 Å². The fourth-order valence-electron chi connectivity index (χ4n) is 4.38. The van der Waals surface area contributed by atoms with Crippen LogP contribution in [0.5, 0.6) is 0 Å². The second kappa shape index (κ2) is 8.05. The van der Waals surface area contributed by atoms with Crippen LogP contribution in [0.1, 0.15) is 36.2 Å². The molecule has 1 atom stereocenters. The fourth-order valence-corrected chi connectivity index (χ4v) is 4.38. The van der Waals surface area contributed by atoms with Gasteiger partial charge in [0.1, 0.15) is 5.52 Å². The van der Waals surface area contributed by atoms with Crippen molar-refractivity contribution in [3.05, 3.63) is 82.0 Å². The number of para-hydroxylation sites is 1. The van der Waals surface area contributed by atoms with Gasteiger partial charge in [-0.05, 0) is 48.9 Å². The van der Waals surface area contributed by atoms with Crippen molar-refractivity contribution < 1.29 is 0 Å². The van der Waals surface area contributed by atoms with Crippen LogP contribution in [-0.2, 0) is 0 Å². The number of nitrogens with zero attached hydrogens (tertiary/aromatic N) is 4. The molecule has 33 heavy (non-hydrogen) atoms. The summed E-state index contributed by atoms with van der Waals surface area (Å²) in [4.78, 5) is 29.8. The largest absolute Gasteiger partial charge is 0.368 e. The van der Waals surface area contributed by atoms with Gasteiger partial charge in [-0.15, -0.1) is 0 Å². The molecule has 8 nitrogen and oxygen atoms in total. The number of hydrogen-bond donors (Lipinski definition) is 3. The van der Waals surface area contributed by atoms with Crippen LogP contribution in [0.3, 0.4) is 0 Å². The minimum Gasteiger partial charge on any atom is -0.368 e. The summed E-state index contributed by atoms with van der Waals surface area (Å²) in [6, 6.07) is 15.7. The Bertz CT molecular complexity index is 1550. The third-order valence-electron chi connectivity index (χ3n) is 6.02. The lowest BCUT2D eigenvalue weighted by Gasteiger charge is -2.24. The van der Waals surface area contributed by atoms with E-state index in [1.165, 1.54) is 0 Å². The van der Waals surface area contributed by atoms with Crippen LogP contribution < -0.4 is 16.6 Å². The molecule has 5 rings (SSSR count). The molecule has 3 aromatic heterocycles. The highest BCUT2D eigenvalue weighted by molar-refractivity contribution is 5.86. The Labute approximate surface area is 190 Å². The number of pyridine rings is 1. The van der Waals surface area contributed by atoms with Crippen LogP contribution in [-0.4, -0.2) is 24.5 Å². The number of imidazole rings is 1. The minimum absolute atomic E-state index is 0.0379. The number of nitrogens with two attached hydrogens (primary N) is 1. The van der Waals surface area contributed by atoms with Gasteiger partial charge in [0.05, 0.1) is 23.4 Å². The summed E-state index contributed by atoms with van der Waals surface area (Å²) in [7, 11) is 0. The molecule has 4 N–H and O–H groups in total. The van der Waals surface area contributed by atoms with Crippen molar-refractivity contribution in [2.24, 2.45) is 0 Å². The molecule has 0 fully saturated rings. The van der Waals surface area contributed by atoms with Gasteiger partial charge in [-0.3, -0.25) is 9.36 Å². The van der Waals surface area contributed by atoms with Gasteiger partial charge in [-0.2, -0.15) is 9.97 Å². The zero-order valence-electron chi connectivity index (χ0n) is 18.8. The summed E-state index contributed by atoms with van der Waals surface area (Å²) in [5.74, 6) is 0.687. The minimum atomic E-state index is -0.219. The second-order valence-electron chi connectivity index (χ2n) is 8.17. The Balaban J connectivity index is 1.77. The van der Waals surface area contributed by atoms with Crippen molar-refractivity contribution >= 4 is 33.7 Å². The van der Waals surface area contributed by atoms with Crippen molar-refractivity contribution in [1.29, 1.82) is 0 Å². The molecule has 0 bridgehead atoms. The topological polar surface area (TPSA) is 115 Å². The van der Waals surface area contributed by atoms with E-state index in [9.17, 15) is 4.79 Å². The number of H-pyrrole nitrogens is 1. The molecule has 8 heteroatoms. The smallest absolute Gasteiger partial charge is 0.263 e. The van der Waals surface area contributed by atoms with Gasteiger partial charge in [0.2, 0.25) is 5.95 Å². The average Bonchev–Trinajstić information content (AvgIpc) is 3.26. The first-order chi connectivity index (χ1) is 16.0. The highest BCUT2D eigenvalue weighted by Gasteiger charge is 2.22. The van der Waals surface area contributed by atoms with Crippen molar-refractivity contribution in [1.82, 2.24) is 24.5 Å². The zero-order chi connectivity index (χ0) is 23.1. The van der Waals surface area contributed by atoms with E-state index in [4.69, 9.17) is 5.73 Å². The standard InChI is InChI=1S/C25H25N7O/c1-4-17(29-23-21-22(28-13-27-21)30-25(26)31-23)19-12-16-10-7-9-15(3)20(16)24(33)32(19)18-11-6-5-8-14(18)2/h5-13,17H,4H2,1-3H3,(H4,26,27,28,29,30,31). The normalized spacial score (nSPS) is 12.3. The maximum Gasteiger partial charge on any atom is 0.263 e. The SMILES string of the molecule is CCC(Nc1nc(N)nc2nc[nH]c12)c1cc2cccc(C)c2c(=O)n1-c1ccccc1C. The van der Waals surface area contributed by atoms with E-state index in [1.54, 1.807) is 6.33 Å². The first kappa shape index (κ1) is 20.7. The van der Waals surface area contributed by atoms with Crippen LogP contribution in [0.4, 0.5) is 11.8 Å². The molecule has 0 spiro atoms. The summed E-state index contributed by atoms with van der Waals surface area (Å²) in [6.07, 6.45) is 2.27. The number of aromatic amines is 1. The Hall–Kier alpha value is -4.20. The first-order valence-corrected chi connectivity index (χ1v) is 10.9. The molecule has 1 unspecified atom stereocenters. The molecule has 0 aliphatic heterocycles. The Kier molecular flexibility index (Phi) is 5.05. The van der Waals surface area contributed by atoms with Crippen LogP contribution in [0.15, 0.2) is 59.7 Å². The van der Waals surface area contributed by atoms with Gasteiger partial charge < -0.3 is 16.0 Å². The maximum atomic E-state index is 13.9. The molecule has 0 amide bonds. The van der Waals surface area contributed by atoms with Crippen LogP contribution in [0.2, 0.25) is 0 Å². The molecule has 0 aliphatic rings. The van der Waals surface area contributed by atoms with E-state index in [-0.39, 0.29) is 17.5 Å². The van der Waals surface area contributed by atoms with Crippen molar-refractivity contribution in [2.75, 3.05) is 11.1 Å². The summed E-state index contributed by atoms with van der Waals surface area (Å²) in [5, 5.41) is 5.12. The lowest BCUT2D eigenvalue weighted by atomic mass is 10.0. The van der Waals surface area contributed by atoms with E-state index in [1.807, 2.05) is 60.9 Å². The summed E-state index contributed by atoms with van der Waals surface area (Å²) < 4.78 is 1.82. The second-order valence-corrected chi connectivity index (χ2v) is 8.17. The predicted octanol–water partition coefficient (Wildman–Crippen LogP) is 4.42. The lowest BCUT2D eigenvalue weighted by Crippen LogP contribution is -2.27. The molecule has 0 saturated heterocycles. The highest BCUT2D eigenvalue weighted by atomic mass is 16.1.